The molecule has 0 spiro atoms. The van der Waals surface area contributed by atoms with Crippen LogP contribution in [0.2, 0.25) is 0 Å². The maximum absolute atomic E-state index is 11.5. The lowest BCUT2D eigenvalue weighted by Crippen LogP contribution is -2.42. The smallest absolute Gasteiger partial charge is 0.328 e. The van der Waals surface area contributed by atoms with E-state index in [-0.39, 0.29) is 12.0 Å². The van der Waals surface area contributed by atoms with Crippen molar-refractivity contribution in [1.29, 1.82) is 0 Å². The van der Waals surface area contributed by atoms with E-state index in [1.807, 2.05) is 0 Å². The third kappa shape index (κ3) is 3.71. The van der Waals surface area contributed by atoms with Crippen molar-refractivity contribution in [3.8, 4) is 0 Å². The molecule has 1 fully saturated rings. The molecule has 0 aromatic carbocycles. The van der Waals surface area contributed by atoms with Crippen molar-refractivity contribution in [2.45, 2.75) is 18.9 Å². The third-order valence-electron chi connectivity index (χ3n) is 2.39. The maximum Gasteiger partial charge on any atom is 0.328 e. The number of rotatable bonds is 3. The fourth-order valence-corrected chi connectivity index (χ4v) is 1.58. The first-order valence-electron chi connectivity index (χ1n) is 4.86. The standard InChI is InChI=1S/C10H15NO4/c1-15-8-3-2-6-11(7-8)9(12)4-5-10(13)14/h4-5,8H,2-3,6-7H2,1H3,(H,13,14). The normalized spacial score (nSPS) is 21.9. The molecule has 0 aromatic rings. The van der Waals surface area contributed by atoms with Crippen molar-refractivity contribution in [3.63, 3.8) is 0 Å². The summed E-state index contributed by atoms with van der Waals surface area (Å²) in [4.78, 5) is 23.3. The summed E-state index contributed by atoms with van der Waals surface area (Å²) in [5, 5.41) is 8.38. The molecule has 0 radical (unpaired) electrons. The highest BCUT2D eigenvalue weighted by molar-refractivity contribution is 5.93. The van der Waals surface area contributed by atoms with E-state index in [0.717, 1.165) is 25.0 Å². The van der Waals surface area contributed by atoms with Gasteiger partial charge in [0, 0.05) is 32.4 Å². The zero-order chi connectivity index (χ0) is 11.3. The topological polar surface area (TPSA) is 66.8 Å². The summed E-state index contributed by atoms with van der Waals surface area (Å²) >= 11 is 0. The van der Waals surface area contributed by atoms with Crippen molar-refractivity contribution in [2.24, 2.45) is 0 Å². The zero-order valence-corrected chi connectivity index (χ0v) is 8.68. The van der Waals surface area contributed by atoms with Gasteiger partial charge in [-0.05, 0) is 12.8 Å². The molecule has 5 heteroatoms. The van der Waals surface area contributed by atoms with E-state index in [1.54, 1.807) is 12.0 Å². The third-order valence-corrected chi connectivity index (χ3v) is 2.39. The van der Waals surface area contributed by atoms with Gasteiger partial charge in [0.25, 0.3) is 0 Å². The molecule has 0 bridgehead atoms. The molecule has 1 unspecified atom stereocenters. The van der Waals surface area contributed by atoms with Gasteiger partial charge in [-0.2, -0.15) is 0 Å². The molecule has 0 aliphatic carbocycles. The quantitative estimate of drug-likeness (QED) is 0.683. The zero-order valence-electron chi connectivity index (χ0n) is 8.68. The largest absolute Gasteiger partial charge is 0.478 e. The molecule has 5 nitrogen and oxygen atoms in total. The Morgan fingerprint density at radius 2 is 2.20 bits per heavy atom. The Morgan fingerprint density at radius 1 is 1.47 bits per heavy atom. The van der Waals surface area contributed by atoms with E-state index >= 15 is 0 Å². The fourth-order valence-electron chi connectivity index (χ4n) is 1.58. The van der Waals surface area contributed by atoms with Crippen molar-refractivity contribution < 1.29 is 19.4 Å². The summed E-state index contributed by atoms with van der Waals surface area (Å²) in [6.07, 6.45) is 3.86. The van der Waals surface area contributed by atoms with Crippen LogP contribution in [0.5, 0.6) is 0 Å². The first-order valence-corrected chi connectivity index (χ1v) is 4.86. The van der Waals surface area contributed by atoms with Crippen LogP contribution in [0.1, 0.15) is 12.8 Å². The minimum absolute atomic E-state index is 0.0703. The number of aliphatic carboxylic acids is 1. The van der Waals surface area contributed by atoms with Gasteiger partial charge in [-0.15, -0.1) is 0 Å². The second kappa shape index (κ2) is 5.50. The number of nitrogens with zero attached hydrogens (tertiary/aromatic N) is 1. The monoisotopic (exact) mass is 213 g/mol. The molecule has 1 heterocycles. The van der Waals surface area contributed by atoms with Crippen LogP contribution in [0.15, 0.2) is 12.2 Å². The minimum atomic E-state index is -1.11. The summed E-state index contributed by atoms with van der Waals surface area (Å²) in [6.45, 7) is 1.21. The Hall–Kier alpha value is -1.36. The fraction of sp³-hybridized carbons (Fsp3) is 0.600. The lowest BCUT2D eigenvalue weighted by molar-refractivity contribution is -0.133. The predicted molar refractivity (Wildman–Crippen MR) is 53.4 cm³/mol. The Bertz CT molecular complexity index is 275. The van der Waals surface area contributed by atoms with E-state index in [1.165, 1.54) is 0 Å². The molecule has 1 amide bonds. The summed E-state index contributed by atoms with van der Waals surface area (Å²) < 4.78 is 5.16. The Kier molecular flexibility index (Phi) is 4.30. The molecule has 1 N–H and O–H groups in total. The van der Waals surface area contributed by atoms with Crippen LogP contribution < -0.4 is 0 Å². The number of carbonyl (C=O) groups excluding carboxylic acids is 1. The van der Waals surface area contributed by atoms with Crippen LogP contribution in [-0.2, 0) is 14.3 Å². The van der Waals surface area contributed by atoms with Crippen molar-refractivity contribution in [3.05, 3.63) is 12.2 Å². The molecular formula is C10H15NO4. The van der Waals surface area contributed by atoms with Crippen molar-refractivity contribution in [1.82, 2.24) is 4.90 Å². The van der Waals surface area contributed by atoms with Gasteiger partial charge < -0.3 is 14.7 Å². The molecule has 84 valence electrons. The highest BCUT2D eigenvalue weighted by atomic mass is 16.5. The second-order valence-electron chi connectivity index (χ2n) is 3.46. The SMILES string of the molecule is COC1CCCN(C(=O)C=CC(=O)O)C1. The molecular weight excluding hydrogens is 198 g/mol. The number of hydrogen-bond acceptors (Lipinski definition) is 3. The molecule has 1 saturated heterocycles. The molecule has 1 atom stereocenters. The van der Waals surface area contributed by atoms with E-state index in [9.17, 15) is 9.59 Å². The lowest BCUT2D eigenvalue weighted by atomic mass is 10.1. The average molecular weight is 213 g/mol. The number of piperidine rings is 1. The molecule has 15 heavy (non-hydrogen) atoms. The molecule has 1 aliphatic rings. The number of likely N-dealkylation sites (tertiary alicyclic amines) is 1. The van der Waals surface area contributed by atoms with E-state index in [2.05, 4.69) is 0 Å². The Labute approximate surface area is 88.3 Å². The number of methoxy groups -OCH3 is 1. The van der Waals surface area contributed by atoms with Gasteiger partial charge in [0.05, 0.1) is 6.10 Å². The second-order valence-corrected chi connectivity index (χ2v) is 3.46. The number of carboxylic acids is 1. The van der Waals surface area contributed by atoms with Gasteiger partial charge in [-0.25, -0.2) is 4.79 Å². The molecule has 1 aliphatic heterocycles. The van der Waals surface area contributed by atoms with Gasteiger partial charge in [-0.3, -0.25) is 4.79 Å². The van der Waals surface area contributed by atoms with Crippen molar-refractivity contribution >= 4 is 11.9 Å². The van der Waals surface area contributed by atoms with E-state index in [0.29, 0.717) is 13.1 Å². The lowest BCUT2D eigenvalue weighted by Gasteiger charge is -2.31. The van der Waals surface area contributed by atoms with E-state index < -0.39 is 5.97 Å². The maximum atomic E-state index is 11.5. The highest BCUT2D eigenvalue weighted by Gasteiger charge is 2.21. The Morgan fingerprint density at radius 3 is 2.80 bits per heavy atom. The van der Waals surface area contributed by atoms with Gasteiger partial charge in [-0.1, -0.05) is 0 Å². The van der Waals surface area contributed by atoms with Crippen LogP contribution in [0.25, 0.3) is 0 Å². The number of hydrogen-bond donors (Lipinski definition) is 1. The first kappa shape index (κ1) is 11.7. The summed E-state index contributed by atoms with van der Waals surface area (Å²) in [5.41, 5.74) is 0. The van der Waals surface area contributed by atoms with E-state index in [4.69, 9.17) is 9.84 Å². The van der Waals surface area contributed by atoms with Gasteiger partial charge in [0.2, 0.25) is 5.91 Å². The molecule has 0 saturated carbocycles. The van der Waals surface area contributed by atoms with Crippen molar-refractivity contribution in [2.75, 3.05) is 20.2 Å². The Balaban J connectivity index is 2.48. The van der Waals surface area contributed by atoms with Gasteiger partial charge in [0.15, 0.2) is 0 Å². The number of carboxylic acid groups (broad SMARTS) is 1. The highest BCUT2D eigenvalue weighted by Crippen LogP contribution is 2.12. The summed E-state index contributed by atoms with van der Waals surface area (Å²) in [5.74, 6) is -1.37. The molecule has 1 rings (SSSR count). The molecule has 0 aromatic heterocycles. The van der Waals surface area contributed by atoms with Gasteiger partial charge in [0.1, 0.15) is 0 Å². The van der Waals surface area contributed by atoms with Crippen LogP contribution in [-0.4, -0.2) is 48.2 Å². The van der Waals surface area contributed by atoms with Crippen LogP contribution in [0.3, 0.4) is 0 Å². The number of carbonyl (C=O) groups is 2. The van der Waals surface area contributed by atoms with Crippen LogP contribution in [0, 0.1) is 0 Å². The van der Waals surface area contributed by atoms with Crippen LogP contribution in [0.4, 0.5) is 0 Å². The van der Waals surface area contributed by atoms with Gasteiger partial charge >= 0.3 is 5.97 Å². The summed E-state index contributed by atoms with van der Waals surface area (Å²) in [6, 6.07) is 0. The predicted octanol–water partition coefficient (Wildman–Crippen LogP) is 0.265. The summed E-state index contributed by atoms with van der Waals surface area (Å²) in [7, 11) is 1.62. The average Bonchev–Trinajstić information content (AvgIpc) is 2.26. The minimum Gasteiger partial charge on any atom is -0.478 e. The number of amides is 1. The van der Waals surface area contributed by atoms with Crippen LogP contribution >= 0.6 is 0 Å². The first-order chi connectivity index (χ1) is 7.13. The number of ether oxygens (including phenoxy) is 1.